The molecule has 3 aromatic rings. The van der Waals surface area contributed by atoms with Gasteiger partial charge in [0.05, 0.1) is 18.0 Å². The van der Waals surface area contributed by atoms with Crippen LogP contribution in [0.1, 0.15) is 18.4 Å². The summed E-state index contributed by atoms with van der Waals surface area (Å²) >= 11 is 0. The third-order valence-electron chi connectivity index (χ3n) is 6.16. The van der Waals surface area contributed by atoms with Gasteiger partial charge in [0.25, 0.3) is 6.43 Å². The fourth-order valence-corrected chi connectivity index (χ4v) is 4.74. The maximum absolute atomic E-state index is 12.7. The van der Waals surface area contributed by atoms with Crippen molar-refractivity contribution in [1.29, 1.82) is 0 Å². The van der Waals surface area contributed by atoms with Crippen LogP contribution in [0.25, 0.3) is 11.2 Å². The average molecular weight is 453 g/mol. The first-order valence-corrected chi connectivity index (χ1v) is 10.3. The number of halogens is 5. The van der Waals surface area contributed by atoms with Crippen LogP contribution in [0.4, 0.5) is 33.6 Å². The van der Waals surface area contributed by atoms with Crippen molar-refractivity contribution in [2.45, 2.75) is 38.0 Å². The summed E-state index contributed by atoms with van der Waals surface area (Å²) in [5, 5.41) is 7.27. The van der Waals surface area contributed by atoms with Crippen LogP contribution in [-0.2, 0) is 12.7 Å². The minimum absolute atomic E-state index is 0.158. The van der Waals surface area contributed by atoms with E-state index in [2.05, 4.69) is 25.4 Å². The summed E-state index contributed by atoms with van der Waals surface area (Å²) in [5.41, 5.74) is 0.0186. The standard InChI is InChI=1S/C20H20F5N7/c21-16(22)10-32-19-15(6-28-32)26-7-17(30-19)29-14-3-11-8-31(9-12(11)4-14)18-2-1-13(5-27-18)20(23,24)25/h1-2,5-7,11-12,14,16H,3-4,8-10H2,(H,29,30)/t11-,12+,14?. The number of alkyl halides is 5. The normalized spacial score (nSPS) is 23.3. The second kappa shape index (κ2) is 7.82. The lowest BCUT2D eigenvalue weighted by molar-refractivity contribution is -0.137. The maximum Gasteiger partial charge on any atom is 0.417 e. The van der Waals surface area contributed by atoms with E-state index in [1.54, 1.807) is 6.20 Å². The highest BCUT2D eigenvalue weighted by molar-refractivity contribution is 5.71. The van der Waals surface area contributed by atoms with Gasteiger partial charge in [-0.1, -0.05) is 0 Å². The maximum atomic E-state index is 12.7. The Hall–Kier alpha value is -3.05. The van der Waals surface area contributed by atoms with Gasteiger partial charge in [0.15, 0.2) is 5.65 Å². The summed E-state index contributed by atoms with van der Waals surface area (Å²) in [6.45, 7) is 0.920. The van der Waals surface area contributed by atoms with Gasteiger partial charge < -0.3 is 10.2 Å². The van der Waals surface area contributed by atoms with Crippen LogP contribution in [-0.4, -0.2) is 50.3 Å². The van der Waals surface area contributed by atoms with Crippen molar-refractivity contribution in [1.82, 2.24) is 24.7 Å². The number of nitrogens with one attached hydrogen (secondary N) is 1. The zero-order valence-corrected chi connectivity index (χ0v) is 16.8. The summed E-state index contributed by atoms with van der Waals surface area (Å²) < 4.78 is 64.8. The molecule has 5 rings (SSSR count). The summed E-state index contributed by atoms with van der Waals surface area (Å²) in [4.78, 5) is 14.7. The zero-order valence-electron chi connectivity index (χ0n) is 16.8. The third-order valence-corrected chi connectivity index (χ3v) is 6.16. The van der Waals surface area contributed by atoms with Crippen molar-refractivity contribution in [2.75, 3.05) is 23.3 Å². The van der Waals surface area contributed by atoms with Gasteiger partial charge in [-0.3, -0.25) is 0 Å². The number of nitrogens with zero attached hydrogens (tertiary/aromatic N) is 6. The molecular weight excluding hydrogens is 433 g/mol. The van der Waals surface area contributed by atoms with E-state index in [1.807, 2.05) is 4.90 Å². The first-order chi connectivity index (χ1) is 15.3. The number of hydrogen-bond donors (Lipinski definition) is 1. The number of rotatable bonds is 5. The number of hydrogen-bond acceptors (Lipinski definition) is 6. The molecular formula is C20H20F5N7. The number of aromatic nitrogens is 5. The Labute approximate surface area is 179 Å². The van der Waals surface area contributed by atoms with Crippen LogP contribution in [0.3, 0.4) is 0 Å². The van der Waals surface area contributed by atoms with Crippen LogP contribution in [0.2, 0.25) is 0 Å². The summed E-state index contributed by atoms with van der Waals surface area (Å²) in [6.07, 6.45) is -1.32. The number of fused-ring (bicyclic) bond motifs is 2. The largest absolute Gasteiger partial charge is 0.417 e. The van der Waals surface area contributed by atoms with Gasteiger partial charge in [0.1, 0.15) is 23.7 Å². The highest BCUT2D eigenvalue weighted by atomic mass is 19.4. The minimum atomic E-state index is -4.39. The average Bonchev–Trinajstić information content (AvgIpc) is 3.41. The lowest BCUT2D eigenvalue weighted by atomic mass is 10.0. The molecule has 0 bridgehead atoms. The van der Waals surface area contributed by atoms with E-state index in [1.165, 1.54) is 12.3 Å². The van der Waals surface area contributed by atoms with Gasteiger partial charge in [0.2, 0.25) is 0 Å². The molecule has 1 aliphatic heterocycles. The van der Waals surface area contributed by atoms with Gasteiger partial charge in [-0.15, -0.1) is 0 Å². The fraction of sp³-hybridized carbons (Fsp3) is 0.500. The molecule has 170 valence electrons. The summed E-state index contributed by atoms with van der Waals surface area (Å²) in [6, 6.07) is 2.65. The topological polar surface area (TPSA) is 71.8 Å². The molecule has 1 saturated carbocycles. The minimum Gasteiger partial charge on any atom is -0.366 e. The molecule has 1 unspecified atom stereocenters. The highest BCUT2D eigenvalue weighted by Crippen LogP contribution is 2.40. The Morgan fingerprint density at radius 2 is 1.78 bits per heavy atom. The molecule has 1 aliphatic carbocycles. The van der Waals surface area contributed by atoms with Crippen LogP contribution in [0.15, 0.2) is 30.7 Å². The van der Waals surface area contributed by atoms with E-state index in [4.69, 9.17) is 0 Å². The molecule has 4 heterocycles. The second-order valence-corrected chi connectivity index (χ2v) is 8.32. The zero-order chi connectivity index (χ0) is 22.5. The third kappa shape index (κ3) is 4.05. The monoisotopic (exact) mass is 453 g/mol. The lowest BCUT2D eigenvalue weighted by Gasteiger charge is -2.21. The highest BCUT2D eigenvalue weighted by Gasteiger charge is 2.41. The van der Waals surface area contributed by atoms with Crippen LogP contribution < -0.4 is 10.2 Å². The van der Waals surface area contributed by atoms with Crippen molar-refractivity contribution >= 4 is 22.8 Å². The molecule has 0 radical (unpaired) electrons. The van der Waals surface area contributed by atoms with Crippen LogP contribution in [0.5, 0.6) is 0 Å². The van der Waals surface area contributed by atoms with Crippen molar-refractivity contribution in [2.24, 2.45) is 11.8 Å². The van der Waals surface area contributed by atoms with Gasteiger partial charge >= 0.3 is 6.18 Å². The van der Waals surface area contributed by atoms with E-state index in [-0.39, 0.29) is 6.04 Å². The first kappa shape index (κ1) is 20.8. The first-order valence-electron chi connectivity index (χ1n) is 10.3. The van der Waals surface area contributed by atoms with Crippen LogP contribution >= 0.6 is 0 Å². The predicted molar refractivity (Wildman–Crippen MR) is 106 cm³/mol. The number of pyridine rings is 1. The molecule has 0 spiro atoms. The van der Waals surface area contributed by atoms with Crippen LogP contribution in [0, 0.1) is 11.8 Å². The Kier molecular flexibility index (Phi) is 5.09. The molecule has 12 heteroatoms. The summed E-state index contributed by atoms with van der Waals surface area (Å²) in [7, 11) is 0. The molecule has 3 atom stereocenters. The van der Waals surface area contributed by atoms with E-state index in [9.17, 15) is 22.0 Å². The van der Waals surface area contributed by atoms with Crippen molar-refractivity contribution < 1.29 is 22.0 Å². The molecule has 1 N–H and O–H groups in total. The van der Waals surface area contributed by atoms with Crippen molar-refractivity contribution in [3.05, 3.63) is 36.3 Å². The van der Waals surface area contributed by atoms with Gasteiger partial charge in [-0.05, 0) is 36.8 Å². The lowest BCUT2D eigenvalue weighted by Crippen LogP contribution is -2.26. The Balaban J connectivity index is 1.21. The Morgan fingerprint density at radius 3 is 2.41 bits per heavy atom. The van der Waals surface area contributed by atoms with Crippen molar-refractivity contribution in [3.63, 3.8) is 0 Å². The van der Waals surface area contributed by atoms with E-state index < -0.39 is 24.7 Å². The molecule has 2 aliphatic rings. The molecule has 7 nitrogen and oxygen atoms in total. The van der Waals surface area contributed by atoms with E-state index in [0.717, 1.165) is 42.9 Å². The predicted octanol–water partition coefficient (Wildman–Crippen LogP) is 3.83. The molecule has 0 aromatic carbocycles. The van der Waals surface area contributed by atoms with E-state index >= 15 is 0 Å². The molecule has 3 aromatic heterocycles. The molecule has 32 heavy (non-hydrogen) atoms. The fourth-order valence-electron chi connectivity index (χ4n) is 4.74. The summed E-state index contributed by atoms with van der Waals surface area (Å²) in [5.74, 6) is 1.84. The van der Waals surface area contributed by atoms with Crippen molar-refractivity contribution in [3.8, 4) is 0 Å². The molecule has 2 fully saturated rings. The van der Waals surface area contributed by atoms with Gasteiger partial charge in [0, 0.05) is 25.3 Å². The molecule has 0 amide bonds. The smallest absolute Gasteiger partial charge is 0.366 e. The quantitative estimate of drug-likeness (QED) is 0.592. The Morgan fingerprint density at radius 1 is 1.03 bits per heavy atom. The number of anilines is 2. The van der Waals surface area contributed by atoms with E-state index in [0.29, 0.717) is 34.6 Å². The van der Waals surface area contributed by atoms with Gasteiger partial charge in [-0.25, -0.2) is 28.4 Å². The SMILES string of the molecule is FC(F)Cn1ncc2ncc(NC3C[C@@H]4CN(c5ccc(C(F)(F)F)cn5)C[C@@H]4C3)nc21. The van der Waals surface area contributed by atoms with Gasteiger partial charge in [-0.2, -0.15) is 18.3 Å². The second-order valence-electron chi connectivity index (χ2n) is 8.32. The Bertz CT molecular complexity index is 1080. The molecule has 1 saturated heterocycles.